The third-order valence-corrected chi connectivity index (χ3v) is 2.73. The zero-order valence-corrected chi connectivity index (χ0v) is 9.36. The summed E-state index contributed by atoms with van der Waals surface area (Å²) in [5.41, 5.74) is 5.67. The third kappa shape index (κ3) is 2.45. The van der Waals surface area contributed by atoms with Crippen molar-refractivity contribution in [3.05, 3.63) is 0 Å². The summed E-state index contributed by atoms with van der Waals surface area (Å²) in [6.07, 6.45) is 0. The highest BCUT2D eigenvalue weighted by molar-refractivity contribution is 5.78. The predicted molar refractivity (Wildman–Crippen MR) is 56.9 cm³/mol. The van der Waals surface area contributed by atoms with Crippen LogP contribution in [-0.4, -0.2) is 55.0 Å². The molecule has 1 rings (SSSR count). The second-order valence-corrected chi connectivity index (χ2v) is 4.34. The van der Waals surface area contributed by atoms with E-state index in [0.717, 1.165) is 19.6 Å². The zero-order valence-electron chi connectivity index (χ0n) is 9.36. The summed E-state index contributed by atoms with van der Waals surface area (Å²) in [4.78, 5) is 16.0. The number of hydrogen-bond donors (Lipinski definition) is 1. The first-order chi connectivity index (χ1) is 6.56. The van der Waals surface area contributed by atoms with Crippen molar-refractivity contribution in [2.75, 3.05) is 33.2 Å². The molecular weight excluding hydrogens is 178 g/mol. The normalized spacial score (nSPS) is 24.4. The van der Waals surface area contributed by atoms with Crippen LogP contribution in [0, 0.1) is 5.92 Å². The SMILES string of the molecule is CC(C)C(=O)N1CCN(C)CC1CN. The molecule has 14 heavy (non-hydrogen) atoms. The number of piperazine rings is 1. The fourth-order valence-corrected chi connectivity index (χ4v) is 1.83. The highest BCUT2D eigenvalue weighted by atomic mass is 16.2. The molecule has 1 saturated heterocycles. The quantitative estimate of drug-likeness (QED) is 0.667. The van der Waals surface area contributed by atoms with Crippen molar-refractivity contribution < 1.29 is 4.79 Å². The van der Waals surface area contributed by atoms with Crippen molar-refractivity contribution in [1.82, 2.24) is 9.80 Å². The van der Waals surface area contributed by atoms with E-state index < -0.39 is 0 Å². The number of likely N-dealkylation sites (N-methyl/N-ethyl adjacent to an activating group) is 1. The van der Waals surface area contributed by atoms with Gasteiger partial charge in [0.25, 0.3) is 0 Å². The van der Waals surface area contributed by atoms with Crippen molar-refractivity contribution in [2.45, 2.75) is 19.9 Å². The molecule has 0 radical (unpaired) electrons. The smallest absolute Gasteiger partial charge is 0.225 e. The van der Waals surface area contributed by atoms with Crippen molar-refractivity contribution in [2.24, 2.45) is 11.7 Å². The van der Waals surface area contributed by atoms with Gasteiger partial charge in [0.05, 0.1) is 6.04 Å². The van der Waals surface area contributed by atoms with Crippen molar-refractivity contribution in [3.8, 4) is 0 Å². The Kier molecular flexibility index (Phi) is 3.89. The molecule has 1 fully saturated rings. The van der Waals surface area contributed by atoms with Crippen LogP contribution in [-0.2, 0) is 4.79 Å². The zero-order chi connectivity index (χ0) is 10.7. The standard InChI is InChI=1S/C10H21N3O/c1-8(2)10(14)13-5-4-12(3)7-9(13)6-11/h8-9H,4-7,11H2,1-3H3. The largest absolute Gasteiger partial charge is 0.336 e. The summed E-state index contributed by atoms with van der Waals surface area (Å²) in [6.45, 7) is 7.10. The Morgan fingerprint density at radius 1 is 1.50 bits per heavy atom. The second-order valence-electron chi connectivity index (χ2n) is 4.34. The minimum atomic E-state index is 0.0763. The monoisotopic (exact) mass is 199 g/mol. The van der Waals surface area contributed by atoms with Crippen LogP contribution in [0.1, 0.15) is 13.8 Å². The van der Waals surface area contributed by atoms with E-state index in [2.05, 4.69) is 11.9 Å². The molecule has 0 spiro atoms. The fourth-order valence-electron chi connectivity index (χ4n) is 1.83. The lowest BCUT2D eigenvalue weighted by Crippen LogP contribution is -2.57. The van der Waals surface area contributed by atoms with Gasteiger partial charge in [0.15, 0.2) is 0 Å². The Morgan fingerprint density at radius 3 is 2.64 bits per heavy atom. The molecule has 0 bridgehead atoms. The summed E-state index contributed by atoms with van der Waals surface area (Å²) < 4.78 is 0. The first-order valence-corrected chi connectivity index (χ1v) is 5.25. The number of hydrogen-bond acceptors (Lipinski definition) is 3. The number of nitrogens with zero attached hydrogens (tertiary/aromatic N) is 2. The Bertz CT molecular complexity index is 206. The van der Waals surface area contributed by atoms with Crippen LogP contribution in [0.3, 0.4) is 0 Å². The summed E-state index contributed by atoms with van der Waals surface area (Å²) >= 11 is 0. The molecule has 1 amide bonds. The highest BCUT2D eigenvalue weighted by Gasteiger charge is 2.28. The summed E-state index contributed by atoms with van der Waals surface area (Å²) in [5, 5.41) is 0. The average molecular weight is 199 g/mol. The van der Waals surface area contributed by atoms with Gasteiger partial charge in [-0.3, -0.25) is 4.79 Å². The molecule has 82 valence electrons. The van der Waals surface area contributed by atoms with Gasteiger partial charge < -0.3 is 15.5 Å². The van der Waals surface area contributed by atoms with Gasteiger partial charge in [-0.15, -0.1) is 0 Å². The van der Waals surface area contributed by atoms with Gasteiger partial charge in [-0.2, -0.15) is 0 Å². The molecule has 1 unspecified atom stereocenters. The van der Waals surface area contributed by atoms with E-state index in [1.54, 1.807) is 0 Å². The first kappa shape index (κ1) is 11.5. The van der Waals surface area contributed by atoms with E-state index in [0.29, 0.717) is 6.54 Å². The molecule has 0 aromatic heterocycles. The van der Waals surface area contributed by atoms with E-state index in [-0.39, 0.29) is 17.9 Å². The maximum atomic E-state index is 11.8. The van der Waals surface area contributed by atoms with Crippen LogP contribution in [0.25, 0.3) is 0 Å². The van der Waals surface area contributed by atoms with Gasteiger partial charge in [-0.1, -0.05) is 13.8 Å². The maximum absolute atomic E-state index is 11.8. The van der Waals surface area contributed by atoms with Crippen molar-refractivity contribution in [3.63, 3.8) is 0 Å². The third-order valence-electron chi connectivity index (χ3n) is 2.73. The first-order valence-electron chi connectivity index (χ1n) is 5.25. The Hall–Kier alpha value is -0.610. The molecule has 0 aliphatic carbocycles. The minimum absolute atomic E-state index is 0.0763. The van der Waals surface area contributed by atoms with Gasteiger partial charge >= 0.3 is 0 Å². The predicted octanol–water partition coefficient (Wildman–Crippen LogP) is -0.256. The molecular formula is C10H21N3O. The van der Waals surface area contributed by atoms with E-state index in [1.807, 2.05) is 18.7 Å². The van der Waals surface area contributed by atoms with Crippen molar-refractivity contribution in [1.29, 1.82) is 0 Å². The lowest BCUT2D eigenvalue weighted by molar-refractivity contribution is -0.138. The van der Waals surface area contributed by atoms with Crippen LogP contribution >= 0.6 is 0 Å². The number of carbonyl (C=O) groups excluding carboxylic acids is 1. The highest BCUT2D eigenvalue weighted by Crippen LogP contribution is 2.11. The van der Waals surface area contributed by atoms with Crippen LogP contribution in [0.5, 0.6) is 0 Å². The number of amides is 1. The van der Waals surface area contributed by atoms with E-state index in [4.69, 9.17) is 5.73 Å². The van der Waals surface area contributed by atoms with E-state index >= 15 is 0 Å². The molecule has 0 saturated carbocycles. The molecule has 4 heteroatoms. The number of carbonyl (C=O) groups is 1. The van der Waals surface area contributed by atoms with Gasteiger partial charge in [0, 0.05) is 32.1 Å². The lowest BCUT2D eigenvalue weighted by Gasteiger charge is -2.40. The van der Waals surface area contributed by atoms with E-state index in [1.165, 1.54) is 0 Å². The summed E-state index contributed by atoms with van der Waals surface area (Å²) in [6, 6.07) is 0.198. The lowest BCUT2D eigenvalue weighted by atomic mass is 10.1. The molecule has 1 aliphatic rings. The minimum Gasteiger partial charge on any atom is -0.336 e. The fraction of sp³-hybridized carbons (Fsp3) is 0.900. The number of rotatable bonds is 2. The molecule has 0 aromatic carbocycles. The number of nitrogens with two attached hydrogens (primary N) is 1. The summed E-state index contributed by atoms with van der Waals surface area (Å²) in [5.74, 6) is 0.306. The summed E-state index contributed by atoms with van der Waals surface area (Å²) in [7, 11) is 2.07. The van der Waals surface area contributed by atoms with Crippen LogP contribution < -0.4 is 5.73 Å². The molecule has 4 nitrogen and oxygen atoms in total. The van der Waals surface area contributed by atoms with E-state index in [9.17, 15) is 4.79 Å². The second kappa shape index (κ2) is 4.75. The van der Waals surface area contributed by atoms with Gasteiger partial charge in [-0.05, 0) is 7.05 Å². The average Bonchev–Trinajstić information content (AvgIpc) is 2.16. The molecule has 1 atom stereocenters. The van der Waals surface area contributed by atoms with Gasteiger partial charge in [-0.25, -0.2) is 0 Å². The molecule has 1 aliphatic heterocycles. The molecule has 2 N–H and O–H groups in total. The van der Waals surface area contributed by atoms with Gasteiger partial charge in [0.2, 0.25) is 5.91 Å². The Labute approximate surface area is 86.0 Å². The Morgan fingerprint density at radius 2 is 2.14 bits per heavy atom. The molecule has 1 heterocycles. The Balaban J connectivity index is 2.63. The van der Waals surface area contributed by atoms with Crippen LogP contribution in [0.4, 0.5) is 0 Å². The van der Waals surface area contributed by atoms with Gasteiger partial charge in [0.1, 0.15) is 0 Å². The topological polar surface area (TPSA) is 49.6 Å². The maximum Gasteiger partial charge on any atom is 0.225 e. The molecule has 0 aromatic rings. The van der Waals surface area contributed by atoms with Crippen LogP contribution in [0.15, 0.2) is 0 Å². The van der Waals surface area contributed by atoms with Crippen molar-refractivity contribution >= 4 is 5.91 Å². The van der Waals surface area contributed by atoms with Crippen LogP contribution in [0.2, 0.25) is 0 Å².